The molecule has 0 bridgehead atoms. The standard InChI is InChI=1S/C32H37FN10O3/c1-18(2)43-17-23(36-24(44)9-8-14-42(6)7)26(40-43)28-37-25-21(12-13-34-27(25)38-28)19-10-11-20(22(33)15-19)16-35-29(45)30-39-31(41-46-30)32(3,4)5/h8-13,15,17-18H,14,16H2,1-7H3,(H,35,45)(H,36,44)(H,34,37,38)/b9-8+. The van der Waals surface area contributed by atoms with Crippen LogP contribution in [0.25, 0.3) is 33.8 Å². The summed E-state index contributed by atoms with van der Waals surface area (Å²) in [5.74, 6) is -0.774. The molecule has 4 heterocycles. The smallest absolute Gasteiger partial charge is 0.315 e. The fourth-order valence-corrected chi connectivity index (χ4v) is 4.45. The molecule has 0 atom stereocenters. The Bertz CT molecular complexity index is 1910. The number of nitrogens with zero attached hydrogens (tertiary/aromatic N) is 7. The molecule has 0 aliphatic rings. The van der Waals surface area contributed by atoms with Gasteiger partial charge < -0.3 is 25.0 Å². The molecule has 0 fully saturated rings. The second kappa shape index (κ2) is 13.0. The van der Waals surface area contributed by atoms with Crippen LogP contribution >= 0.6 is 0 Å². The number of carbonyl (C=O) groups excluding carboxylic acids is 2. The monoisotopic (exact) mass is 628 g/mol. The van der Waals surface area contributed by atoms with Gasteiger partial charge in [0, 0.05) is 54.1 Å². The Morgan fingerprint density at radius 1 is 1.17 bits per heavy atom. The molecule has 0 saturated carbocycles. The third-order valence-corrected chi connectivity index (χ3v) is 6.96. The first-order valence-corrected chi connectivity index (χ1v) is 14.8. The molecule has 0 unspecified atom stereocenters. The number of amides is 2. The number of H-pyrrole nitrogens is 1. The van der Waals surface area contributed by atoms with Crippen LogP contribution in [0.3, 0.4) is 0 Å². The van der Waals surface area contributed by atoms with Crippen LogP contribution in [0.2, 0.25) is 0 Å². The van der Waals surface area contributed by atoms with E-state index in [0.717, 1.165) is 0 Å². The minimum absolute atomic E-state index is 0.0333. The van der Waals surface area contributed by atoms with Crippen LogP contribution in [-0.2, 0) is 16.8 Å². The second-order valence-electron chi connectivity index (χ2n) is 12.4. The molecule has 13 nitrogen and oxygen atoms in total. The second-order valence-corrected chi connectivity index (χ2v) is 12.4. The number of benzene rings is 1. The number of fused-ring (bicyclic) bond motifs is 1. The van der Waals surface area contributed by atoms with E-state index >= 15 is 4.39 Å². The first-order chi connectivity index (χ1) is 21.8. The molecule has 1 aromatic carbocycles. The summed E-state index contributed by atoms with van der Waals surface area (Å²) in [5.41, 5.74) is 3.02. The van der Waals surface area contributed by atoms with Gasteiger partial charge in [-0.3, -0.25) is 14.3 Å². The first-order valence-electron chi connectivity index (χ1n) is 14.8. The largest absolute Gasteiger partial charge is 0.344 e. The Labute approximate surface area is 265 Å². The highest BCUT2D eigenvalue weighted by Crippen LogP contribution is 2.32. The van der Waals surface area contributed by atoms with E-state index in [1.807, 2.05) is 53.6 Å². The van der Waals surface area contributed by atoms with Crippen molar-refractivity contribution in [3.8, 4) is 22.6 Å². The predicted molar refractivity (Wildman–Crippen MR) is 171 cm³/mol. The molecule has 46 heavy (non-hydrogen) atoms. The van der Waals surface area contributed by atoms with Crippen molar-refractivity contribution in [1.82, 2.24) is 45.1 Å². The molecular weight excluding hydrogens is 591 g/mol. The van der Waals surface area contributed by atoms with E-state index in [9.17, 15) is 9.59 Å². The third-order valence-electron chi connectivity index (χ3n) is 6.96. The van der Waals surface area contributed by atoms with Gasteiger partial charge in [-0.2, -0.15) is 10.1 Å². The molecule has 240 valence electrons. The van der Waals surface area contributed by atoms with Crippen molar-refractivity contribution in [3.05, 3.63) is 71.9 Å². The van der Waals surface area contributed by atoms with E-state index in [0.29, 0.717) is 51.9 Å². The number of aromatic nitrogens is 7. The van der Waals surface area contributed by atoms with E-state index in [1.54, 1.807) is 41.4 Å². The lowest BCUT2D eigenvalue weighted by molar-refractivity contribution is -0.111. The zero-order valence-corrected chi connectivity index (χ0v) is 26.8. The predicted octanol–water partition coefficient (Wildman–Crippen LogP) is 4.88. The van der Waals surface area contributed by atoms with Crippen molar-refractivity contribution in [2.75, 3.05) is 26.0 Å². The molecule has 0 radical (unpaired) electrons. The van der Waals surface area contributed by atoms with Crippen molar-refractivity contribution in [2.24, 2.45) is 0 Å². The molecule has 5 aromatic rings. The number of carbonyl (C=O) groups is 2. The lowest BCUT2D eigenvalue weighted by Gasteiger charge is -2.10. The van der Waals surface area contributed by atoms with Crippen molar-refractivity contribution in [3.63, 3.8) is 0 Å². The summed E-state index contributed by atoms with van der Waals surface area (Å²) in [6.45, 7) is 10.2. The molecule has 2 amide bonds. The van der Waals surface area contributed by atoms with Crippen LogP contribution in [0.5, 0.6) is 0 Å². The highest BCUT2D eigenvalue weighted by molar-refractivity contribution is 6.01. The molecule has 0 saturated heterocycles. The van der Waals surface area contributed by atoms with Gasteiger partial charge in [0.15, 0.2) is 23.0 Å². The van der Waals surface area contributed by atoms with E-state index < -0.39 is 11.7 Å². The fourth-order valence-electron chi connectivity index (χ4n) is 4.45. The van der Waals surface area contributed by atoms with Gasteiger partial charge in [-0.05, 0) is 45.6 Å². The van der Waals surface area contributed by atoms with Crippen molar-refractivity contribution in [2.45, 2.75) is 52.6 Å². The van der Waals surface area contributed by atoms with Crippen molar-refractivity contribution in [1.29, 1.82) is 0 Å². The van der Waals surface area contributed by atoms with Gasteiger partial charge >= 0.3 is 11.8 Å². The van der Waals surface area contributed by atoms with E-state index in [1.165, 1.54) is 12.1 Å². The van der Waals surface area contributed by atoms with Crippen LogP contribution in [0.15, 0.2) is 53.3 Å². The quantitative estimate of drug-likeness (QED) is 0.183. The van der Waals surface area contributed by atoms with E-state index in [2.05, 4.69) is 35.8 Å². The number of anilines is 1. The maximum Gasteiger partial charge on any atom is 0.315 e. The summed E-state index contributed by atoms with van der Waals surface area (Å²) in [6, 6.07) is 6.51. The van der Waals surface area contributed by atoms with Crippen molar-refractivity contribution < 1.29 is 18.5 Å². The lowest BCUT2D eigenvalue weighted by atomic mass is 9.96. The van der Waals surface area contributed by atoms with E-state index in [4.69, 9.17) is 9.51 Å². The van der Waals surface area contributed by atoms with Crippen LogP contribution in [0.1, 0.15) is 62.7 Å². The summed E-state index contributed by atoms with van der Waals surface area (Å²) < 4.78 is 22.1. The minimum atomic E-state index is -0.591. The highest BCUT2D eigenvalue weighted by Gasteiger charge is 2.24. The van der Waals surface area contributed by atoms with Gasteiger partial charge in [0.05, 0.1) is 5.69 Å². The Morgan fingerprint density at radius 2 is 1.96 bits per heavy atom. The Morgan fingerprint density at radius 3 is 2.63 bits per heavy atom. The molecule has 5 rings (SSSR count). The molecule has 0 spiro atoms. The number of likely N-dealkylation sites (N-methyl/N-ethyl adjacent to an activating group) is 1. The maximum absolute atomic E-state index is 15.3. The van der Waals surface area contributed by atoms with Gasteiger partial charge in [0.25, 0.3) is 0 Å². The zero-order valence-electron chi connectivity index (χ0n) is 26.8. The Balaban J connectivity index is 1.38. The summed E-state index contributed by atoms with van der Waals surface area (Å²) in [4.78, 5) is 43.7. The summed E-state index contributed by atoms with van der Waals surface area (Å²) in [7, 11) is 3.84. The van der Waals surface area contributed by atoms with Gasteiger partial charge in [-0.1, -0.05) is 44.1 Å². The van der Waals surface area contributed by atoms with E-state index in [-0.39, 0.29) is 35.4 Å². The average molecular weight is 629 g/mol. The zero-order chi connectivity index (χ0) is 33.2. The van der Waals surface area contributed by atoms with Gasteiger partial charge in [0.2, 0.25) is 5.91 Å². The number of aromatic amines is 1. The number of halogens is 1. The first kappa shape index (κ1) is 32.2. The SMILES string of the molecule is CC(C)n1cc(NC(=O)/C=C/CN(C)C)c(-c2nc3c(-c4ccc(CNC(=O)c5nc(C(C)(C)C)no5)c(F)c4)ccnc3[nH]2)n1. The number of imidazole rings is 1. The number of pyridine rings is 1. The third kappa shape index (κ3) is 7.18. The molecule has 0 aliphatic carbocycles. The number of hydrogen-bond acceptors (Lipinski definition) is 9. The van der Waals surface area contributed by atoms with Gasteiger partial charge in [-0.25, -0.2) is 14.4 Å². The lowest BCUT2D eigenvalue weighted by Crippen LogP contribution is -2.24. The molecule has 4 aromatic heterocycles. The fraction of sp³-hybridized carbons (Fsp3) is 0.344. The summed E-state index contributed by atoms with van der Waals surface area (Å²) >= 11 is 0. The van der Waals surface area contributed by atoms with Gasteiger partial charge in [-0.15, -0.1) is 0 Å². The molecule has 3 N–H and O–H groups in total. The summed E-state index contributed by atoms with van der Waals surface area (Å²) in [5, 5.41) is 14.1. The molecular formula is C32H37FN10O3. The molecule has 0 aliphatic heterocycles. The molecule has 14 heteroatoms. The van der Waals surface area contributed by atoms with Crippen LogP contribution in [0.4, 0.5) is 10.1 Å². The number of rotatable bonds is 10. The Kier molecular flexibility index (Phi) is 9.10. The van der Waals surface area contributed by atoms with Crippen LogP contribution < -0.4 is 10.6 Å². The van der Waals surface area contributed by atoms with Crippen molar-refractivity contribution >= 4 is 28.7 Å². The number of nitrogens with one attached hydrogen (secondary N) is 3. The number of hydrogen-bond donors (Lipinski definition) is 3. The Hall–Kier alpha value is -5.24. The highest BCUT2D eigenvalue weighted by atomic mass is 19.1. The topological polar surface area (TPSA) is 160 Å². The maximum atomic E-state index is 15.3. The average Bonchev–Trinajstić information content (AvgIpc) is 3.74. The minimum Gasteiger partial charge on any atom is -0.344 e. The van der Waals surface area contributed by atoms with Crippen LogP contribution in [0, 0.1) is 5.82 Å². The van der Waals surface area contributed by atoms with Gasteiger partial charge in [0.1, 0.15) is 11.3 Å². The summed E-state index contributed by atoms with van der Waals surface area (Å²) in [6.07, 6.45) is 6.61. The van der Waals surface area contributed by atoms with Crippen LogP contribution in [-0.4, -0.2) is 72.2 Å². The normalized spacial score (nSPS) is 12.1.